The van der Waals surface area contributed by atoms with Crippen molar-refractivity contribution in [3.63, 3.8) is 0 Å². The van der Waals surface area contributed by atoms with Crippen molar-refractivity contribution in [3.8, 4) is 0 Å². The number of fused-ring (bicyclic) bond motifs is 1. The average Bonchev–Trinajstić information content (AvgIpc) is 2.63. The fraction of sp³-hybridized carbons (Fsp3) is 0.261. The van der Waals surface area contributed by atoms with Crippen LogP contribution in [0.15, 0.2) is 48.5 Å². The van der Waals surface area contributed by atoms with Crippen LogP contribution < -0.4 is 5.32 Å². The Kier molecular flexibility index (Phi) is 4.48. The predicted molar refractivity (Wildman–Crippen MR) is 108 cm³/mol. The van der Waals surface area contributed by atoms with Crippen LogP contribution in [0, 0.1) is 20.8 Å². The summed E-state index contributed by atoms with van der Waals surface area (Å²) in [5.74, 6) is 0.862. The molecular weight excluding hydrogens is 334 g/mol. The molecule has 0 saturated carbocycles. The SMILES string of the molecule is Cc1ccc(Nc2nc(C)c3c(n2)CC(c2ccc(C)cc2)CC3=O)cc1. The van der Waals surface area contributed by atoms with E-state index in [1.165, 1.54) is 16.7 Å². The lowest BCUT2D eigenvalue weighted by Gasteiger charge is -2.24. The van der Waals surface area contributed by atoms with Gasteiger partial charge in [0.25, 0.3) is 0 Å². The minimum Gasteiger partial charge on any atom is -0.324 e. The van der Waals surface area contributed by atoms with Crippen LogP contribution in [-0.4, -0.2) is 15.8 Å². The van der Waals surface area contributed by atoms with Gasteiger partial charge >= 0.3 is 0 Å². The summed E-state index contributed by atoms with van der Waals surface area (Å²) in [4.78, 5) is 22.0. The molecule has 1 unspecified atom stereocenters. The van der Waals surface area contributed by atoms with Crippen LogP contribution in [0.3, 0.4) is 0 Å². The van der Waals surface area contributed by atoms with Crippen molar-refractivity contribution in [1.82, 2.24) is 9.97 Å². The van der Waals surface area contributed by atoms with Gasteiger partial charge in [0.2, 0.25) is 5.95 Å². The van der Waals surface area contributed by atoms with Crippen molar-refractivity contribution in [2.75, 3.05) is 5.32 Å². The van der Waals surface area contributed by atoms with Gasteiger partial charge in [-0.15, -0.1) is 0 Å². The Morgan fingerprint density at radius 2 is 1.48 bits per heavy atom. The van der Waals surface area contributed by atoms with Crippen LogP contribution in [0.1, 0.15) is 50.8 Å². The molecule has 4 nitrogen and oxygen atoms in total. The second-order valence-electron chi connectivity index (χ2n) is 7.38. The van der Waals surface area contributed by atoms with Crippen molar-refractivity contribution < 1.29 is 4.79 Å². The molecule has 27 heavy (non-hydrogen) atoms. The van der Waals surface area contributed by atoms with Crippen LogP contribution in [0.2, 0.25) is 0 Å². The second kappa shape index (κ2) is 6.95. The molecule has 1 aliphatic carbocycles. The number of nitrogens with zero attached hydrogens (tertiary/aromatic N) is 2. The molecule has 4 heteroatoms. The molecule has 1 heterocycles. The number of ketones is 1. The predicted octanol–water partition coefficient (Wildman–Crippen LogP) is 5.06. The summed E-state index contributed by atoms with van der Waals surface area (Å²) in [7, 11) is 0. The maximum absolute atomic E-state index is 12.8. The van der Waals surface area contributed by atoms with E-state index in [0.717, 1.165) is 23.5 Å². The molecule has 0 fully saturated rings. The third-order valence-corrected chi connectivity index (χ3v) is 5.17. The summed E-state index contributed by atoms with van der Waals surface area (Å²) in [6.07, 6.45) is 1.28. The van der Waals surface area contributed by atoms with Crippen molar-refractivity contribution >= 4 is 17.4 Å². The maximum atomic E-state index is 12.8. The molecule has 1 atom stereocenters. The van der Waals surface area contributed by atoms with Gasteiger partial charge in [0.05, 0.1) is 17.0 Å². The Bertz CT molecular complexity index is 991. The van der Waals surface area contributed by atoms with E-state index in [2.05, 4.69) is 48.4 Å². The molecule has 1 aliphatic rings. The van der Waals surface area contributed by atoms with Crippen LogP contribution in [0.5, 0.6) is 0 Å². The quantitative estimate of drug-likeness (QED) is 0.712. The highest BCUT2D eigenvalue weighted by molar-refractivity contribution is 5.99. The number of benzene rings is 2. The number of hydrogen-bond acceptors (Lipinski definition) is 4. The van der Waals surface area contributed by atoms with Gasteiger partial charge in [-0.2, -0.15) is 0 Å². The van der Waals surface area contributed by atoms with E-state index in [9.17, 15) is 4.79 Å². The standard InChI is InChI=1S/C23H23N3O/c1-14-4-8-17(9-5-14)18-12-20-22(21(27)13-18)16(3)24-23(26-20)25-19-10-6-15(2)7-11-19/h4-11,18H,12-13H2,1-3H3,(H,24,25,26). The molecule has 0 radical (unpaired) electrons. The van der Waals surface area contributed by atoms with E-state index in [1.54, 1.807) is 0 Å². The van der Waals surface area contributed by atoms with E-state index in [-0.39, 0.29) is 11.7 Å². The molecule has 3 aromatic rings. The molecule has 136 valence electrons. The summed E-state index contributed by atoms with van der Waals surface area (Å²) in [6.45, 7) is 6.02. The van der Waals surface area contributed by atoms with Gasteiger partial charge < -0.3 is 5.32 Å². The summed E-state index contributed by atoms with van der Waals surface area (Å²) >= 11 is 0. The molecule has 0 amide bonds. The fourth-order valence-corrected chi connectivity index (χ4v) is 3.67. The third-order valence-electron chi connectivity index (χ3n) is 5.17. The number of anilines is 2. The highest BCUT2D eigenvalue weighted by Crippen LogP contribution is 2.33. The number of Topliss-reactive ketones (excluding diaryl/α,β-unsaturated/α-hetero) is 1. The zero-order chi connectivity index (χ0) is 19.0. The zero-order valence-corrected chi connectivity index (χ0v) is 15.9. The van der Waals surface area contributed by atoms with Crippen LogP contribution in [0.25, 0.3) is 0 Å². The monoisotopic (exact) mass is 357 g/mol. The van der Waals surface area contributed by atoms with E-state index in [0.29, 0.717) is 17.9 Å². The van der Waals surface area contributed by atoms with Gasteiger partial charge in [-0.05, 0) is 50.8 Å². The fourth-order valence-electron chi connectivity index (χ4n) is 3.67. The van der Waals surface area contributed by atoms with Crippen LogP contribution in [0.4, 0.5) is 11.6 Å². The van der Waals surface area contributed by atoms with Gasteiger partial charge in [-0.25, -0.2) is 9.97 Å². The smallest absolute Gasteiger partial charge is 0.227 e. The topological polar surface area (TPSA) is 54.9 Å². The molecule has 1 N–H and O–H groups in total. The number of nitrogens with one attached hydrogen (secondary N) is 1. The first kappa shape index (κ1) is 17.4. The molecule has 4 rings (SSSR count). The number of rotatable bonds is 3. The van der Waals surface area contributed by atoms with Crippen LogP contribution >= 0.6 is 0 Å². The highest BCUT2D eigenvalue weighted by atomic mass is 16.1. The number of aromatic nitrogens is 2. The Balaban J connectivity index is 1.65. The zero-order valence-electron chi connectivity index (χ0n) is 15.9. The minimum absolute atomic E-state index is 0.140. The van der Waals surface area contributed by atoms with Gasteiger partial charge in [0, 0.05) is 12.1 Å². The Labute approximate surface area is 159 Å². The van der Waals surface area contributed by atoms with Gasteiger partial charge in [0.15, 0.2) is 5.78 Å². The Morgan fingerprint density at radius 3 is 2.15 bits per heavy atom. The summed E-state index contributed by atoms with van der Waals surface area (Å²) in [6, 6.07) is 16.6. The molecule has 0 saturated heterocycles. The number of aryl methyl sites for hydroxylation is 3. The summed E-state index contributed by atoms with van der Waals surface area (Å²) in [5, 5.41) is 3.27. The first-order valence-electron chi connectivity index (χ1n) is 9.30. The Morgan fingerprint density at radius 1 is 0.852 bits per heavy atom. The van der Waals surface area contributed by atoms with Crippen molar-refractivity contribution in [2.24, 2.45) is 0 Å². The Hall–Kier alpha value is -3.01. The molecular formula is C23H23N3O. The van der Waals surface area contributed by atoms with Gasteiger partial charge in [-0.1, -0.05) is 47.5 Å². The van der Waals surface area contributed by atoms with Crippen molar-refractivity contribution in [1.29, 1.82) is 0 Å². The largest absolute Gasteiger partial charge is 0.324 e. The summed E-state index contributed by atoms with van der Waals surface area (Å²) < 4.78 is 0. The van der Waals surface area contributed by atoms with E-state index in [4.69, 9.17) is 4.98 Å². The second-order valence-corrected chi connectivity index (χ2v) is 7.38. The van der Waals surface area contributed by atoms with E-state index >= 15 is 0 Å². The lowest BCUT2D eigenvalue weighted by atomic mass is 9.81. The van der Waals surface area contributed by atoms with E-state index in [1.807, 2.05) is 31.2 Å². The molecule has 0 bridgehead atoms. The molecule has 2 aromatic carbocycles. The molecule has 1 aromatic heterocycles. The van der Waals surface area contributed by atoms with Crippen molar-refractivity contribution in [3.05, 3.63) is 82.2 Å². The lowest BCUT2D eigenvalue weighted by Crippen LogP contribution is -2.22. The first-order chi connectivity index (χ1) is 13.0. The number of carbonyl (C=O) groups is 1. The summed E-state index contributed by atoms with van der Waals surface area (Å²) in [5.41, 5.74) is 6.87. The molecule has 0 aliphatic heterocycles. The first-order valence-corrected chi connectivity index (χ1v) is 9.30. The van der Waals surface area contributed by atoms with Gasteiger partial charge in [-0.3, -0.25) is 4.79 Å². The molecule has 0 spiro atoms. The minimum atomic E-state index is 0.140. The number of carbonyl (C=O) groups excluding carboxylic acids is 1. The normalized spacial score (nSPS) is 16.1. The number of hydrogen-bond donors (Lipinski definition) is 1. The average molecular weight is 357 g/mol. The maximum Gasteiger partial charge on any atom is 0.227 e. The van der Waals surface area contributed by atoms with Crippen molar-refractivity contribution in [2.45, 2.75) is 39.5 Å². The lowest BCUT2D eigenvalue weighted by molar-refractivity contribution is 0.0962. The van der Waals surface area contributed by atoms with Crippen LogP contribution in [-0.2, 0) is 6.42 Å². The van der Waals surface area contributed by atoms with Gasteiger partial charge in [0.1, 0.15) is 0 Å². The third kappa shape index (κ3) is 3.61. The highest BCUT2D eigenvalue weighted by Gasteiger charge is 2.29. The van der Waals surface area contributed by atoms with E-state index < -0.39 is 0 Å².